The van der Waals surface area contributed by atoms with E-state index in [0.717, 1.165) is 6.42 Å². The molecule has 2 N–H and O–H groups in total. The normalized spacial score (nSPS) is 26.2. The molecule has 70 valence electrons. The van der Waals surface area contributed by atoms with Gasteiger partial charge >= 0.3 is 0 Å². The second-order valence-corrected chi connectivity index (χ2v) is 4.36. The maximum atomic E-state index is 6.13. The summed E-state index contributed by atoms with van der Waals surface area (Å²) in [5.74, 6) is 0.607. The van der Waals surface area contributed by atoms with Crippen LogP contribution in [-0.4, -0.2) is 0 Å². The van der Waals surface area contributed by atoms with Gasteiger partial charge in [0, 0.05) is 6.04 Å². The van der Waals surface area contributed by atoms with Crippen LogP contribution in [0.3, 0.4) is 0 Å². The van der Waals surface area contributed by atoms with Gasteiger partial charge in [-0.1, -0.05) is 24.6 Å². The lowest BCUT2D eigenvalue weighted by Crippen LogP contribution is -2.13. The standard InChI is InChI=1S/C12H17N/c1-7-4-8(2)10-6-9(3)12(13)11(10)5-7/h4-5,9,12H,6,13H2,1-3H3/t9-,12+/m1/s1. The topological polar surface area (TPSA) is 26.0 Å². The zero-order chi connectivity index (χ0) is 9.59. The van der Waals surface area contributed by atoms with Gasteiger partial charge < -0.3 is 5.73 Å². The molecule has 0 aromatic heterocycles. The zero-order valence-corrected chi connectivity index (χ0v) is 8.59. The van der Waals surface area contributed by atoms with Crippen molar-refractivity contribution in [3.8, 4) is 0 Å². The van der Waals surface area contributed by atoms with E-state index in [0.29, 0.717) is 5.92 Å². The molecule has 0 fully saturated rings. The molecule has 2 rings (SSSR count). The molecule has 2 atom stereocenters. The monoisotopic (exact) mass is 175 g/mol. The number of hydrogen-bond donors (Lipinski definition) is 1. The SMILES string of the molecule is Cc1cc(C)c2c(c1)[C@@H](N)[C@H](C)C2. The molecule has 1 aromatic rings. The van der Waals surface area contributed by atoms with Crippen molar-refractivity contribution < 1.29 is 0 Å². The van der Waals surface area contributed by atoms with E-state index in [1.807, 2.05) is 0 Å². The second kappa shape index (κ2) is 2.85. The Morgan fingerprint density at radius 3 is 2.69 bits per heavy atom. The van der Waals surface area contributed by atoms with Gasteiger partial charge in [0.15, 0.2) is 0 Å². The summed E-state index contributed by atoms with van der Waals surface area (Å²) >= 11 is 0. The molecule has 1 aromatic carbocycles. The molecule has 0 aliphatic heterocycles. The third-order valence-electron chi connectivity index (χ3n) is 3.15. The number of aryl methyl sites for hydroxylation is 2. The molecule has 0 radical (unpaired) electrons. The van der Waals surface area contributed by atoms with Crippen LogP contribution in [0, 0.1) is 19.8 Å². The molecule has 1 nitrogen and oxygen atoms in total. The van der Waals surface area contributed by atoms with E-state index >= 15 is 0 Å². The van der Waals surface area contributed by atoms with Gasteiger partial charge in [-0.25, -0.2) is 0 Å². The van der Waals surface area contributed by atoms with Crippen molar-refractivity contribution in [1.82, 2.24) is 0 Å². The maximum Gasteiger partial charge on any atom is 0.0326 e. The molecule has 0 saturated heterocycles. The Kier molecular flexibility index (Phi) is 1.92. The summed E-state index contributed by atoms with van der Waals surface area (Å²) in [6.07, 6.45) is 1.16. The molecule has 1 aliphatic rings. The Morgan fingerprint density at radius 2 is 2.00 bits per heavy atom. The van der Waals surface area contributed by atoms with Crippen molar-refractivity contribution in [3.05, 3.63) is 34.4 Å². The van der Waals surface area contributed by atoms with Crippen LogP contribution in [0.2, 0.25) is 0 Å². The van der Waals surface area contributed by atoms with E-state index in [2.05, 4.69) is 32.9 Å². The Hall–Kier alpha value is -0.820. The Bertz CT molecular complexity index is 341. The van der Waals surface area contributed by atoms with E-state index < -0.39 is 0 Å². The maximum absolute atomic E-state index is 6.13. The Balaban J connectivity index is 2.57. The highest BCUT2D eigenvalue weighted by Gasteiger charge is 2.27. The van der Waals surface area contributed by atoms with Gasteiger partial charge in [0.25, 0.3) is 0 Å². The molecule has 13 heavy (non-hydrogen) atoms. The minimum Gasteiger partial charge on any atom is -0.324 e. The molecular formula is C12H17N. The summed E-state index contributed by atoms with van der Waals surface area (Å²) in [4.78, 5) is 0. The highest BCUT2D eigenvalue weighted by molar-refractivity contribution is 5.43. The minimum atomic E-state index is 0.258. The first kappa shape index (κ1) is 8.76. The summed E-state index contributed by atoms with van der Waals surface area (Å²) in [6.45, 7) is 6.57. The van der Waals surface area contributed by atoms with Crippen molar-refractivity contribution in [3.63, 3.8) is 0 Å². The van der Waals surface area contributed by atoms with Crippen molar-refractivity contribution >= 4 is 0 Å². The van der Waals surface area contributed by atoms with Crippen molar-refractivity contribution in [2.75, 3.05) is 0 Å². The minimum absolute atomic E-state index is 0.258. The van der Waals surface area contributed by atoms with Gasteiger partial charge in [0.2, 0.25) is 0 Å². The van der Waals surface area contributed by atoms with E-state index in [1.54, 1.807) is 0 Å². The third kappa shape index (κ3) is 1.28. The van der Waals surface area contributed by atoms with Crippen molar-refractivity contribution in [2.24, 2.45) is 11.7 Å². The predicted octanol–water partition coefficient (Wildman–Crippen LogP) is 2.50. The fourth-order valence-electron chi connectivity index (χ4n) is 2.36. The van der Waals surface area contributed by atoms with Gasteiger partial charge in [-0.15, -0.1) is 0 Å². The lowest BCUT2D eigenvalue weighted by molar-refractivity contribution is 0.513. The first-order chi connectivity index (χ1) is 6.09. The first-order valence-electron chi connectivity index (χ1n) is 4.95. The first-order valence-corrected chi connectivity index (χ1v) is 4.95. The lowest BCUT2D eigenvalue weighted by atomic mass is 10.0. The number of nitrogens with two attached hydrogens (primary N) is 1. The fraction of sp³-hybridized carbons (Fsp3) is 0.500. The summed E-state index contributed by atoms with van der Waals surface area (Å²) in [5, 5.41) is 0. The van der Waals surface area contributed by atoms with Gasteiger partial charge in [-0.3, -0.25) is 0 Å². The fourth-order valence-corrected chi connectivity index (χ4v) is 2.36. The second-order valence-electron chi connectivity index (χ2n) is 4.36. The Morgan fingerprint density at radius 1 is 1.31 bits per heavy atom. The molecule has 0 unspecified atom stereocenters. The average Bonchev–Trinajstić information content (AvgIpc) is 2.32. The van der Waals surface area contributed by atoms with Crippen LogP contribution in [0.25, 0.3) is 0 Å². The number of hydrogen-bond acceptors (Lipinski definition) is 1. The van der Waals surface area contributed by atoms with E-state index in [1.165, 1.54) is 22.3 Å². The van der Waals surface area contributed by atoms with E-state index in [-0.39, 0.29) is 6.04 Å². The quantitative estimate of drug-likeness (QED) is 0.644. The molecule has 0 spiro atoms. The summed E-state index contributed by atoms with van der Waals surface area (Å²) in [6, 6.07) is 4.76. The molecule has 0 saturated carbocycles. The van der Waals surface area contributed by atoms with Crippen molar-refractivity contribution in [1.29, 1.82) is 0 Å². The van der Waals surface area contributed by atoms with Crippen LogP contribution in [0.4, 0.5) is 0 Å². The van der Waals surface area contributed by atoms with Crippen LogP contribution in [-0.2, 0) is 6.42 Å². The molecule has 1 heteroatoms. The molecule has 1 aliphatic carbocycles. The Labute approximate surface area is 80.0 Å². The van der Waals surface area contributed by atoms with Crippen LogP contribution >= 0.6 is 0 Å². The van der Waals surface area contributed by atoms with Gasteiger partial charge in [-0.05, 0) is 42.9 Å². The third-order valence-corrected chi connectivity index (χ3v) is 3.15. The molecule has 0 heterocycles. The zero-order valence-electron chi connectivity index (χ0n) is 8.59. The lowest BCUT2D eigenvalue weighted by Gasteiger charge is -2.10. The molecular weight excluding hydrogens is 158 g/mol. The van der Waals surface area contributed by atoms with Crippen molar-refractivity contribution in [2.45, 2.75) is 33.2 Å². The molecule has 0 amide bonds. The highest BCUT2D eigenvalue weighted by atomic mass is 14.7. The number of rotatable bonds is 0. The average molecular weight is 175 g/mol. The number of fused-ring (bicyclic) bond motifs is 1. The van der Waals surface area contributed by atoms with Crippen LogP contribution < -0.4 is 5.73 Å². The highest BCUT2D eigenvalue weighted by Crippen LogP contribution is 2.36. The summed E-state index contributed by atoms with van der Waals surface area (Å²) in [7, 11) is 0. The van der Waals surface area contributed by atoms with Crippen LogP contribution in [0.5, 0.6) is 0 Å². The van der Waals surface area contributed by atoms with Gasteiger partial charge in [-0.2, -0.15) is 0 Å². The molecule has 0 bridgehead atoms. The van der Waals surface area contributed by atoms with E-state index in [4.69, 9.17) is 5.73 Å². The van der Waals surface area contributed by atoms with Crippen LogP contribution in [0.15, 0.2) is 12.1 Å². The van der Waals surface area contributed by atoms with Crippen LogP contribution in [0.1, 0.15) is 35.2 Å². The predicted molar refractivity (Wildman–Crippen MR) is 55.7 cm³/mol. The van der Waals surface area contributed by atoms with Gasteiger partial charge in [0.05, 0.1) is 0 Å². The van der Waals surface area contributed by atoms with E-state index in [9.17, 15) is 0 Å². The summed E-state index contributed by atoms with van der Waals surface area (Å²) < 4.78 is 0. The van der Waals surface area contributed by atoms with Gasteiger partial charge in [0.1, 0.15) is 0 Å². The smallest absolute Gasteiger partial charge is 0.0326 e. The summed E-state index contributed by atoms with van der Waals surface area (Å²) in [5.41, 5.74) is 11.7. The number of benzene rings is 1. The largest absolute Gasteiger partial charge is 0.324 e.